The molecule has 0 spiro atoms. The number of carbonyl (C=O) groups is 1. The Labute approximate surface area is 116 Å². The molecule has 0 radical (unpaired) electrons. The van der Waals surface area contributed by atoms with Crippen molar-refractivity contribution in [3.63, 3.8) is 0 Å². The number of aromatic carboxylic acids is 1. The summed E-state index contributed by atoms with van der Waals surface area (Å²) < 4.78 is 13.6. The van der Waals surface area contributed by atoms with E-state index >= 15 is 0 Å². The third-order valence-electron chi connectivity index (χ3n) is 2.55. The largest absolute Gasteiger partial charge is 0.478 e. The Morgan fingerprint density at radius 2 is 2.25 bits per heavy atom. The molecule has 0 fully saturated rings. The zero-order valence-corrected chi connectivity index (χ0v) is 10.8. The smallest absolute Gasteiger partial charge is 0.338 e. The molecular formula is C12H9FN2O4S. The number of halogens is 1. The van der Waals surface area contributed by atoms with E-state index in [0.717, 1.165) is 10.9 Å². The summed E-state index contributed by atoms with van der Waals surface area (Å²) >= 11 is 1.45. The minimum atomic E-state index is -1.55. The van der Waals surface area contributed by atoms with E-state index in [-0.39, 0.29) is 5.69 Å². The van der Waals surface area contributed by atoms with E-state index in [1.165, 1.54) is 11.3 Å². The van der Waals surface area contributed by atoms with Crippen LogP contribution < -0.4 is 5.32 Å². The highest BCUT2D eigenvalue weighted by atomic mass is 32.1. The minimum Gasteiger partial charge on any atom is -0.478 e. The van der Waals surface area contributed by atoms with Gasteiger partial charge < -0.3 is 10.4 Å². The summed E-state index contributed by atoms with van der Waals surface area (Å²) in [5, 5.41) is 24.3. The molecule has 2 aromatic rings. The van der Waals surface area contributed by atoms with Crippen LogP contribution in [0, 0.1) is 15.9 Å². The van der Waals surface area contributed by atoms with Crippen LogP contribution in [-0.2, 0) is 6.54 Å². The fourth-order valence-corrected chi connectivity index (χ4v) is 2.26. The number of rotatable bonds is 5. The highest BCUT2D eigenvalue weighted by molar-refractivity contribution is 7.09. The summed E-state index contributed by atoms with van der Waals surface area (Å²) in [6, 6.07) is 5.19. The van der Waals surface area contributed by atoms with Crippen molar-refractivity contribution in [3.8, 4) is 0 Å². The van der Waals surface area contributed by atoms with Crippen LogP contribution in [0.5, 0.6) is 0 Å². The van der Waals surface area contributed by atoms with Crippen molar-refractivity contribution in [1.29, 1.82) is 0 Å². The summed E-state index contributed by atoms with van der Waals surface area (Å²) in [6.07, 6.45) is 0. The van der Waals surface area contributed by atoms with Crippen LogP contribution in [0.1, 0.15) is 15.2 Å². The molecule has 104 valence electrons. The van der Waals surface area contributed by atoms with Crippen LogP contribution in [0.15, 0.2) is 29.6 Å². The van der Waals surface area contributed by atoms with Crippen LogP contribution in [0.3, 0.4) is 0 Å². The minimum absolute atomic E-state index is 0.0501. The fourth-order valence-electron chi connectivity index (χ4n) is 1.61. The van der Waals surface area contributed by atoms with Gasteiger partial charge in [0.15, 0.2) is 0 Å². The van der Waals surface area contributed by atoms with Crippen molar-refractivity contribution in [1.82, 2.24) is 0 Å². The van der Waals surface area contributed by atoms with E-state index in [9.17, 15) is 19.3 Å². The molecule has 2 rings (SSSR count). The lowest BCUT2D eigenvalue weighted by atomic mass is 10.1. The summed E-state index contributed by atoms with van der Waals surface area (Å²) in [7, 11) is 0. The number of nitrogens with one attached hydrogen (secondary N) is 1. The monoisotopic (exact) mass is 296 g/mol. The van der Waals surface area contributed by atoms with Gasteiger partial charge in [0.1, 0.15) is 17.1 Å². The predicted molar refractivity (Wildman–Crippen MR) is 71.7 cm³/mol. The molecule has 0 saturated carbocycles. The number of anilines is 1. The Morgan fingerprint density at radius 1 is 1.50 bits per heavy atom. The maximum absolute atomic E-state index is 13.6. The maximum Gasteiger partial charge on any atom is 0.338 e. The van der Waals surface area contributed by atoms with Gasteiger partial charge >= 0.3 is 5.97 Å². The third-order valence-corrected chi connectivity index (χ3v) is 3.42. The summed E-state index contributed by atoms with van der Waals surface area (Å²) in [4.78, 5) is 21.9. The molecule has 0 aliphatic heterocycles. The molecular weight excluding hydrogens is 287 g/mol. The van der Waals surface area contributed by atoms with Crippen molar-refractivity contribution in [2.24, 2.45) is 0 Å². The van der Waals surface area contributed by atoms with Gasteiger partial charge in [-0.2, -0.15) is 0 Å². The predicted octanol–water partition coefficient (Wildman–Crippen LogP) is 3.11. The van der Waals surface area contributed by atoms with Gasteiger partial charge in [0.25, 0.3) is 5.69 Å². The molecule has 0 aliphatic carbocycles. The first-order chi connectivity index (χ1) is 9.49. The number of nitro benzene ring substituents is 1. The lowest BCUT2D eigenvalue weighted by Crippen LogP contribution is -2.07. The Hall–Kier alpha value is -2.48. The van der Waals surface area contributed by atoms with Crippen LogP contribution in [0.25, 0.3) is 0 Å². The van der Waals surface area contributed by atoms with E-state index in [4.69, 9.17) is 5.11 Å². The molecule has 0 amide bonds. The molecule has 0 atom stereocenters. The Bertz CT molecular complexity index is 658. The van der Waals surface area contributed by atoms with Crippen molar-refractivity contribution < 1.29 is 19.2 Å². The molecule has 20 heavy (non-hydrogen) atoms. The fraction of sp³-hybridized carbons (Fsp3) is 0.0833. The number of nitrogens with zero attached hydrogens (tertiary/aromatic N) is 1. The first kappa shape index (κ1) is 13.9. The Balaban J connectivity index is 2.33. The van der Waals surface area contributed by atoms with Gasteiger partial charge in [0.2, 0.25) is 0 Å². The standard InChI is InChI=1S/C12H9FN2O4S/c13-9-5-10(14-6-7-2-1-3-20-7)11(15(18)19)4-8(9)12(16)17/h1-5,14H,6H2,(H,16,17). The van der Waals surface area contributed by atoms with Gasteiger partial charge in [-0.15, -0.1) is 11.3 Å². The molecule has 0 bridgehead atoms. The van der Waals surface area contributed by atoms with E-state index in [1.807, 2.05) is 17.5 Å². The number of nitro groups is 1. The zero-order chi connectivity index (χ0) is 14.7. The first-order valence-corrected chi connectivity index (χ1v) is 6.34. The second-order valence-corrected chi connectivity index (χ2v) is 4.88. The molecule has 2 N–H and O–H groups in total. The second kappa shape index (κ2) is 5.66. The van der Waals surface area contributed by atoms with Gasteiger partial charge in [-0.3, -0.25) is 10.1 Å². The van der Waals surface area contributed by atoms with Crippen molar-refractivity contribution in [2.45, 2.75) is 6.54 Å². The molecule has 1 aromatic carbocycles. The van der Waals surface area contributed by atoms with E-state index in [0.29, 0.717) is 12.6 Å². The number of benzene rings is 1. The molecule has 1 aromatic heterocycles. The average molecular weight is 296 g/mol. The van der Waals surface area contributed by atoms with Crippen LogP contribution >= 0.6 is 11.3 Å². The van der Waals surface area contributed by atoms with Crippen molar-refractivity contribution in [3.05, 3.63) is 56.0 Å². The number of carboxylic acid groups (broad SMARTS) is 1. The van der Waals surface area contributed by atoms with E-state index in [1.54, 1.807) is 0 Å². The molecule has 0 saturated heterocycles. The summed E-state index contributed by atoms with van der Waals surface area (Å²) in [5.41, 5.74) is -1.25. The number of thiophene rings is 1. The lowest BCUT2D eigenvalue weighted by molar-refractivity contribution is -0.384. The summed E-state index contributed by atoms with van der Waals surface area (Å²) in [6.45, 7) is 0.296. The molecule has 8 heteroatoms. The number of carboxylic acids is 1. The number of hydrogen-bond donors (Lipinski definition) is 2. The molecule has 0 unspecified atom stereocenters. The van der Waals surface area contributed by atoms with E-state index < -0.39 is 28.0 Å². The highest BCUT2D eigenvalue weighted by Gasteiger charge is 2.21. The number of hydrogen-bond acceptors (Lipinski definition) is 5. The molecule has 1 heterocycles. The summed E-state index contributed by atoms with van der Waals surface area (Å²) in [5.74, 6) is -2.56. The first-order valence-electron chi connectivity index (χ1n) is 5.46. The molecule has 0 aliphatic rings. The topological polar surface area (TPSA) is 92.5 Å². The van der Waals surface area contributed by atoms with E-state index in [2.05, 4.69) is 5.32 Å². The maximum atomic E-state index is 13.6. The van der Waals surface area contributed by atoms with Crippen molar-refractivity contribution >= 4 is 28.7 Å². The Kier molecular flexibility index (Phi) is 3.94. The van der Waals surface area contributed by atoms with Gasteiger partial charge in [-0.25, -0.2) is 9.18 Å². The third kappa shape index (κ3) is 2.91. The molecule has 6 nitrogen and oxygen atoms in total. The van der Waals surface area contributed by atoms with Crippen LogP contribution in [0.4, 0.5) is 15.8 Å². The average Bonchev–Trinajstić information content (AvgIpc) is 2.88. The van der Waals surface area contributed by atoms with Crippen LogP contribution in [-0.4, -0.2) is 16.0 Å². The van der Waals surface area contributed by atoms with Gasteiger partial charge in [0, 0.05) is 23.6 Å². The van der Waals surface area contributed by atoms with Gasteiger partial charge in [-0.05, 0) is 11.4 Å². The van der Waals surface area contributed by atoms with Crippen LogP contribution in [0.2, 0.25) is 0 Å². The lowest BCUT2D eigenvalue weighted by Gasteiger charge is -2.07. The second-order valence-electron chi connectivity index (χ2n) is 3.84. The highest BCUT2D eigenvalue weighted by Crippen LogP contribution is 2.28. The normalized spacial score (nSPS) is 10.2. The zero-order valence-electron chi connectivity index (χ0n) is 10.00. The van der Waals surface area contributed by atoms with Gasteiger partial charge in [0.05, 0.1) is 4.92 Å². The van der Waals surface area contributed by atoms with Gasteiger partial charge in [-0.1, -0.05) is 6.07 Å². The Morgan fingerprint density at radius 3 is 2.80 bits per heavy atom. The SMILES string of the molecule is O=C(O)c1cc([N+](=O)[O-])c(NCc2cccs2)cc1F. The quantitative estimate of drug-likeness (QED) is 0.653. The van der Waals surface area contributed by atoms with Crippen molar-refractivity contribution in [2.75, 3.05) is 5.32 Å².